The molecular weight excluding hydrogens is 532 g/mol. The van der Waals surface area contributed by atoms with Crippen molar-refractivity contribution in [3.8, 4) is 11.5 Å². The van der Waals surface area contributed by atoms with Crippen LogP contribution in [0.15, 0.2) is 107 Å². The van der Waals surface area contributed by atoms with Gasteiger partial charge in [0.1, 0.15) is 18.0 Å². The van der Waals surface area contributed by atoms with Crippen LogP contribution in [-0.2, 0) is 20.6 Å². The minimum Gasteiger partial charge on any atom is -0.497 e. The molecular formula is C30H30N2O5S2. The normalized spacial score (nSPS) is 11.1. The Balaban J connectivity index is 1.58. The lowest BCUT2D eigenvalue weighted by molar-refractivity contribution is -0.114. The Kier molecular flexibility index (Phi) is 9.16. The molecule has 1 amide bonds. The van der Waals surface area contributed by atoms with Gasteiger partial charge < -0.3 is 14.8 Å². The number of benzene rings is 4. The van der Waals surface area contributed by atoms with E-state index in [0.29, 0.717) is 17.2 Å². The molecule has 9 heteroatoms. The van der Waals surface area contributed by atoms with Crippen LogP contribution in [0.4, 0.5) is 11.4 Å². The summed E-state index contributed by atoms with van der Waals surface area (Å²) in [6, 6.07) is 28.8. The molecule has 0 saturated carbocycles. The number of carbonyl (C=O) groups is 1. The van der Waals surface area contributed by atoms with E-state index < -0.39 is 22.5 Å². The Morgan fingerprint density at radius 3 is 2.21 bits per heavy atom. The van der Waals surface area contributed by atoms with Gasteiger partial charge in [0, 0.05) is 22.4 Å². The van der Waals surface area contributed by atoms with Gasteiger partial charge in [0.25, 0.3) is 10.0 Å². The molecule has 0 aliphatic heterocycles. The van der Waals surface area contributed by atoms with Gasteiger partial charge in [-0.3, -0.25) is 9.10 Å². The van der Waals surface area contributed by atoms with Gasteiger partial charge in [0.15, 0.2) is 0 Å². The molecule has 39 heavy (non-hydrogen) atoms. The number of nitrogens with zero attached hydrogens (tertiary/aromatic N) is 1. The van der Waals surface area contributed by atoms with E-state index in [1.165, 1.54) is 37.3 Å². The first-order valence-corrected chi connectivity index (χ1v) is 14.6. The molecule has 0 aliphatic carbocycles. The van der Waals surface area contributed by atoms with Crippen LogP contribution in [0.5, 0.6) is 11.5 Å². The summed E-state index contributed by atoms with van der Waals surface area (Å²) in [6.45, 7) is 1.45. The van der Waals surface area contributed by atoms with E-state index in [2.05, 4.69) is 17.4 Å². The lowest BCUT2D eigenvalue weighted by atomic mass is 10.1. The molecule has 0 heterocycles. The van der Waals surface area contributed by atoms with Crippen LogP contribution < -0.4 is 19.1 Å². The number of rotatable bonds is 11. The summed E-state index contributed by atoms with van der Waals surface area (Å²) in [5.41, 5.74) is 2.81. The molecule has 0 fully saturated rings. The molecule has 0 aromatic heterocycles. The Morgan fingerprint density at radius 2 is 1.56 bits per heavy atom. The van der Waals surface area contributed by atoms with E-state index in [1.54, 1.807) is 42.1 Å². The Bertz CT molecular complexity index is 1530. The van der Waals surface area contributed by atoms with E-state index in [-0.39, 0.29) is 10.6 Å². The van der Waals surface area contributed by atoms with Gasteiger partial charge in [-0.25, -0.2) is 8.42 Å². The van der Waals surface area contributed by atoms with Crippen LogP contribution in [0.1, 0.15) is 11.1 Å². The zero-order valence-corrected chi connectivity index (χ0v) is 23.6. The highest BCUT2D eigenvalue weighted by Gasteiger charge is 2.30. The molecule has 0 saturated heterocycles. The fraction of sp³-hybridized carbons (Fsp3) is 0.167. The fourth-order valence-corrected chi connectivity index (χ4v) is 6.28. The number of carbonyl (C=O) groups excluding carboxylic acids is 1. The third-order valence-electron chi connectivity index (χ3n) is 5.99. The second kappa shape index (κ2) is 12.7. The predicted molar refractivity (Wildman–Crippen MR) is 156 cm³/mol. The molecule has 0 bridgehead atoms. The molecule has 202 valence electrons. The standard InChI is InChI=1S/C30H30N2O5S2/c1-22-18-23(21-38-25-10-6-4-7-11-25)14-16-27(22)31-30(33)20-32(39(34,35)26-12-8-5-9-13-26)28-19-24(36-2)15-17-29(28)37-3/h4-19H,20-21H2,1-3H3,(H,31,33). The largest absolute Gasteiger partial charge is 0.497 e. The minimum atomic E-state index is -4.12. The van der Waals surface area contributed by atoms with Gasteiger partial charge in [-0.05, 0) is 60.5 Å². The van der Waals surface area contributed by atoms with Gasteiger partial charge in [0.05, 0.1) is 24.8 Å². The smallest absolute Gasteiger partial charge is 0.264 e. The topological polar surface area (TPSA) is 84.9 Å². The van der Waals surface area contributed by atoms with Crippen molar-refractivity contribution in [1.82, 2.24) is 0 Å². The van der Waals surface area contributed by atoms with Crippen LogP contribution in [0.2, 0.25) is 0 Å². The number of sulfonamides is 1. The number of aryl methyl sites for hydroxylation is 1. The number of nitrogens with one attached hydrogen (secondary N) is 1. The van der Waals surface area contributed by atoms with Gasteiger partial charge >= 0.3 is 0 Å². The highest BCUT2D eigenvalue weighted by atomic mass is 32.2. The highest BCUT2D eigenvalue weighted by molar-refractivity contribution is 7.98. The summed E-state index contributed by atoms with van der Waals surface area (Å²) in [4.78, 5) is 14.5. The van der Waals surface area contributed by atoms with E-state index in [9.17, 15) is 13.2 Å². The molecule has 4 aromatic rings. The highest BCUT2D eigenvalue weighted by Crippen LogP contribution is 2.35. The summed E-state index contributed by atoms with van der Waals surface area (Å²) in [7, 11) is -1.19. The number of amides is 1. The third-order valence-corrected chi connectivity index (χ3v) is 8.84. The summed E-state index contributed by atoms with van der Waals surface area (Å²) >= 11 is 1.73. The zero-order valence-electron chi connectivity index (χ0n) is 22.0. The summed E-state index contributed by atoms with van der Waals surface area (Å²) in [6.07, 6.45) is 0. The molecule has 4 aromatic carbocycles. The van der Waals surface area contributed by atoms with Crippen molar-refractivity contribution in [2.24, 2.45) is 0 Å². The summed E-state index contributed by atoms with van der Waals surface area (Å²) in [5.74, 6) is 1.02. The van der Waals surface area contributed by atoms with Crippen molar-refractivity contribution in [2.45, 2.75) is 22.5 Å². The molecule has 4 rings (SSSR count). The van der Waals surface area contributed by atoms with Crippen LogP contribution >= 0.6 is 11.8 Å². The average molecular weight is 563 g/mol. The van der Waals surface area contributed by atoms with E-state index >= 15 is 0 Å². The summed E-state index contributed by atoms with van der Waals surface area (Å²) in [5, 5.41) is 2.88. The SMILES string of the molecule is COc1ccc(OC)c(N(CC(=O)Nc2ccc(CSc3ccccc3)cc2C)S(=O)(=O)c2ccccc2)c1. The van der Waals surface area contributed by atoms with Crippen LogP contribution in [0.25, 0.3) is 0 Å². The average Bonchev–Trinajstić information content (AvgIpc) is 2.96. The van der Waals surface area contributed by atoms with Crippen molar-refractivity contribution in [3.05, 3.63) is 108 Å². The Hall–Kier alpha value is -3.95. The van der Waals surface area contributed by atoms with E-state index in [4.69, 9.17) is 9.47 Å². The van der Waals surface area contributed by atoms with Crippen molar-refractivity contribution < 1.29 is 22.7 Å². The number of ether oxygens (including phenoxy) is 2. The molecule has 0 unspecified atom stereocenters. The quantitative estimate of drug-likeness (QED) is 0.221. The molecule has 0 atom stereocenters. The van der Waals surface area contributed by atoms with Gasteiger partial charge in [-0.15, -0.1) is 11.8 Å². The van der Waals surface area contributed by atoms with Crippen LogP contribution in [0.3, 0.4) is 0 Å². The van der Waals surface area contributed by atoms with E-state index in [1.807, 2.05) is 43.3 Å². The maximum absolute atomic E-state index is 13.7. The number of anilines is 2. The van der Waals surface area contributed by atoms with Crippen LogP contribution in [-0.4, -0.2) is 35.1 Å². The van der Waals surface area contributed by atoms with Gasteiger partial charge in [-0.1, -0.05) is 48.5 Å². The number of methoxy groups -OCH3 is 2. The number of thioether (sulfide) groups is 1. The zero-order chi connectivity index (χ0) is 27.8. The lowest BCUT2D eigenvalue weighted by Crippen LogP contribution is -2.38. The maximum atomic E-state index is 13.7. The predicted octanol–water partition coefficient (Wildman–Crippen LogP) is 6.14. The minimum absolute atomic E-state index is 0.0547. The van der Waals surface area contributed by atoms with Crippen molar-refractivity contribution in [2.75, 3.05) is 30.4 Å². The first kappa shape index (κ1) is 28.1. The molecule has 7 nitrogen and oxygen atoms in total. The monoisotopic (exact) mass is 562 g/mol. The summed E-state index contributed by atoms with van der Waals surface area (Å²) < 4.78 is 39.3. The third kappa shape index (κ3) is 6.93. The maximum Gasteiger partial charge on any atom is 0.264 e. The molecule has 0 spiro atoms. The molecule has 0 radical (unpaired) electrons. The second-order valence-corrected chi connectivity index (χ2v) is 11.6. The first-order valence-electron chi connectivity index (χ1n) is 12.2. The number of hydrogen-bond acceptors (Lipinski definition) is 6. The second-order valence-electron chi connectivity index (χ2n) is 8.66. The number of hydrogen-bond donors (Lipinski definition) is 1. The van der Waals surface area contributed by atoms with Gasteiger partial charge in [-0.2, -0.15) is 0 Å². The fourth-order valence-electron chi connectivity index (χ4n) is 3.97. The lowest BCUT2D eigenvalue weighted by Gasteiger charge is -2.26. The van der Waals surface area contributed by atoms with Crippen molar-refractivity contribution >= 4 is 39.1 Å². The first-order chi connectivity index (χ1) is 18.8. The van der Waals surface area contributed by atoms with Crippen LogP contribution in [0, 0.1) is 6.92 Å². The Labute approximate surface area is 233 Å². The van der Waals surface area contributed by atoms with Crippen molar-refractivity contribution in [3.63, 3.8) is 0 Å². The van der Waals surface area contributed by atoms with E-state index in [0.717, 1.165) is 21.2 Å². The van der Waals surface area contributed by atoms with Gasteiger partial charge in [0.2, 0.25) is 5.91 Å². The molecule has 0 aliphatic rings. The molecule has 1 N–H and O–H groups in total. The Morgan fingerprint density at radius 1 is 0.872 bits per heavy atom. The van der Waals surface area contributed by atoms with Crippen molar-refractivity contribution in [1.29, 1.82) is 0 Å².